The zero-order valence-corrected chi connectivity index (χ0v) is 18.0. The third-order valence-corrected chi connectivity index (χ3v) is 5.80. The van der Waals surface area contributed by atoms with Gasteiger partial charge in [0.15, 0.2) is 11.5 Å². The number of hydrogen-bond donors (Lipinski definition) is 0. The van der Waals surface area contributed by atoms with Crippen LogP contribution in [0.3, 0.4) is 0 Å². The van der Waals surface area contributed by atoms with E-state index in [9.17, 15) is 4.79 Å². The Hall–Kier alpha value is -4.12. The topological polar surface area (TPSA) is 57.1 Å². The highest BCUT2D eigenvalue weighted by molar-refractivity contribution is 6.26. The molecule has 0 spiro atoms. The number of oxime groups is 1. The molecule has 0 aromatic heterocycles. The molecular weight excluding hydrogens is 402 g/mol. The number of rotatable bonds is 5. The third-order valence-electron chi connectivity index (χ3n) is 5.80. The van der Waals surface area contributed by atoms with Gasteiger partial charge in [0.1, 0.15) is 0 Å². The first-order valence-corrected chi connectivity index (χ1v) is 10.3. The lowest BCUT2D eigenvalue weighted by molar-refractivity contribution is 0.0516. The lowest BCUT2D eigenvalue weighted by Crippen LogP contribution is -2.05. The Kier molecular flexibility index (Phi) is 4.86. The minimum absolute atomic E-state index is 0.328. The average molecular weight is 423 g/mol. The smallest absolute Gasteiger partial charge is 0.365 e. The van der Waals surface area contributed by atoms with Crippen LogP contribution >= 0.6 is 0 Å². The zero-order valence-electron chi connectivity index (χ0n) is 18.0. The fraction of sp³-hybridized carbons (Fsp3) is 0.111. The summed E-state index contributed by atoms with van der Waals surface area (Å²) in [4.78, 5) is 17.8. The largest absolute Gasteiger partial charge is 0.493 e. The lowest BCUT2D eigenvalue weighted by atomic mass is 9.91. The van der Waals surface area contributed by atoms with Crippen molar-refractivity contribution in [2.24, 2.45) is 5.16 Å². The normalized spacial score (nSPS) is 11.9. The Morgan fingerprint density at radius 3 is 2.12 bits per heavy atom. The molecule has 0 amide bonds. The Morgan fingerprint density at radius 2 is 1.41 bits per heavy atom. The number of hydrogen-bond acceptors (Lipinski definition) is 5. The predicted molar refractivity (Wildman–Crippen MR) is 127 cm³/mol. The minimum atomic E-state index is -0.567. The second-order valence-electron chi connectivity index (χ2n) is 7.59. The summed E-state index contributed by atoms with van der Waals surface area (Å²) < 4.78 is 10.5. The van der Waals surface area contributed by atoms with E-state index in [1.807, 2.05) is 13.0 Å². The number of carbonyl (C=O) groups is 1. The first kappa shape index (κ1) is 19.8. The molecule has 0 unspecified atom stereocenters. The second kappa shape index (κ2) is 7.85. The van der Waals surface area contributed by atoms with Crippen LogP contribution in [0, 0.1) is 0 Å². The quantitative estimate of drug-likeness (QED) is 0.147. The number of benzene rings is 5. The minimum Gasteiger partial charge on any atom is -0.493 e. The molecule has 0 saturated heterocycles. The van der Waals surface area contributed by atoms with E-state index < -0.39 is 5.97 Å². The maximum absolute atomic E-state index is 12.6. The molecule has 0 aliphatic carbocycles. The van der Waals surface area contributed by atoms with Gasteiger partial charge in [-0.25, -0.2) is 4.79 Å². The molecule has 0 radical (unpaired) electrons. The molecule has 0 fully saturated rings. The summed E-state index contributed by atoms with van der Waals surface area (Å²) in [6.07, 6.45) is 0. The van der Waals surface area contributed by atoms with E-state index in [1.165, 1.54) is 34.0 Å². The van der Waals surface area contributed by atoms with Crippen molar-refractivity contribution in [2.75, 3.05) is 14.2 Å². The molecule has 0 saturated carbocycles. The van der Waals surface area contributed by atoms with Crippen molar-refractivity contribution in [1.82, 2.24) is 0 Å². The monoisotopic (exact) mass is 423 g/mol. The number of nitrogens with zero attached hydrogens (tertiary/aromatic N) is 1. The summed E-state index contributed by atoms with van der Waals surface area (Å²) in [5.74, 6) is 0.426. The molecule has 158 valence electrons. The van der Waals surface area contributed by atoms with Gasteiger partial charge in [-0.1, -0.05) is 59.8 Å². The molecule has 0 aliphatic heterocycles. The second-order valence-corrected chi connectivity index (χ2v) is 7.59. The molecular formula is C27H21NO4. The van der Waals surface area contributed by atoms with Gasteiger partial charge in [-0.15, -0.1) is 0 Å². The highest BCUT2D eigenvalue weighted by atomic mass is 16.7. The Bertz CT molecular complexity index is 1490. The molecule has 0 atom stereocenters. The van der Waals surface area contributed by atoms with Crippen LogP contribution < -0.4 is 9.47 Å². The Balaban J connectivity index is 1.52. The predicted octanol–water partition coefficient (Wildman–Crippen LogP) is 6.18. The summed E-state index contributed by atoms with van der Waals surface area (Å²) in [7, 11) is 3.06. The van der Waals surface area contributed by atoms with E-state index in [0.29, 0.717) is 22.8 Å². The molecule has 5 heteroatoms. The van der Waals surface area contributed by atoms with Crippen LogP contribution in [0.15, 0.2) is 78.0 Å². The number of ether oxygens (including phenoxy) is 2. The van der Waals surface area contributed by atoms with Crippen molar-refractivity contribution < 1.29 is 19.1 Å². The first-order valence-electron chi connectivity index (χ1n) is 10.3. The summed E-state index contributed by atoms with van der Waals surface area (Å²) in [5, 5.41) is 11.2. The number of carbonyl (C=O) groups excluding carboxylic acids is 1. The van der Waals surface area contributed by atoms with Gasteiger partial charge in [0.2, 0.25) is 0 Å². The van der Waals surface area contributed by atoms with Gasteiger partial charge in [0, 0.05) is 5.56 Å². The van der Waals surface area contributed by atoms with Crippen molar-refractivity contribution in [2.45, 2.75) is 6.92 Å². The zero-order chi connectivity index (χ0) is 22.2. The van der Waals surface area contributed by atoms with Crippen LogP contribution in [-0.4, -0.2) is 25.9 Å². The Labute approximate surface area is 185 Å². The van der Waals surface area contributed by atoms with Crippen LogP contribution in [0.1, 0.15) is 22.8 Å². The summed E-state index contributed by atoms with van der Waals surface area (Å²) in [5.41, 5.74) is 1.88. The van der Waals surface area contributed by atoms with Crippen LogP contribution in [0.4, 0.5) is 0 Å². The van der Waals surface area contributed by atoms with Gasteiger partial charge < -0.3 is 14.3 Å². The third kappa shape index (κ3) is 3.19. The first-order chi connectivity index (χ1) is 15.6. The molecule has 0 N–H and O–H groups in total. The van der Waals surface area contributed by atoms with Crippen LogP contribution in [0.2, 0.25) is 0 Å². The molecule has 5 nitrogen and oxygen atoms in total. The van der Waals surface area contributed by atoms with Gasteiger partial charge in [-0.2, -0.15) is 0 Å². The van der Waals surface area contributed by atoms with Gasteiger partial charge >= 0.3 is 5.97 Å². The van der Waals surface area contributed by atoms with E-state index in [2.05, 4.69) is 53.7 Å². The SMILES string of the molecule is COc1ccc(C(=O)O/N=C(\C)c2ccc3ccc4cccc5ccc2c3c45)cc1OC. The van der Waals surface area contributed by atoms with Crippen molar-refractivity contribution in [3.63, 3.8) is 0 Å². The van der Waals surface area contributed by atoms with Gasteiger partial charge in [-0.3, -0.25) is 0 Å². The van der Waals surface area contributed by atoms with E-state index >= 15 is 0 Å². The average Bonchev–Trinajstić information content (AvgIpc) is 2.85. The maximum atomic E-state index is 12.6. The van der Waals surface area contributed by atoms with Crippen molar-refractivity contribution >= 4 is 44.0 Å². The maximum Gasteiger partial charge on any atom is 0.365 e. The van der Waals surface area contributed by atoms with Crippen molar-refractivity contribution in [1.29, 1.82) is 0 Å². The van der Waals surface area contributed by atoms with E-state index in [-0.39, 0.29) is 0 Å². The molecule has 5 aromatic carbocycles. The molecule has 0 aliphatic rings. The molecule has 0 bridgehead atoms. The van der Waals surface area contributed by atoms with Gasteiger partial charge in [-0.05, 0) is 57.4 Å². The summed E-state index contributed by atoms with van der Waals surface area (Å²) in [6.45, 7) is 1.84. The summed E-state index contributed by atoms with van der Waals surface area (Å²) >= 11 is 0. The van der Waals surface area contributed by atoms with Crippen LogP contribution in [0.5, 0.6) is 11.5 Å². The molecule has 5 rings (SSSR count). The van der Waals surface area contributed by atoms with Gasteiger partial charge in [0.25, 0.3) is 0 Å². The van der Waals surface area contributed by atoms with E-state index in [1.54, 1.807) is 25.3 Å². The van der Waals surface area contributed by atoms with E-state index in [0.717, 1.165) is 10.9 Å². The fourth-order valence-electron chi connectivity index (χ4n) is 4.23. The lowest BCUT2D eigenvalue weighted by Gasteiger charge is -2.13. The van der Waals surface area contributed by atoms with Crippen molar-refractivity contribution in [3.8, 4) is 11.5 Å². The standard InChI is InChI=1S/C27H21NO4/c1-16(28-32-27(29)20-11-14-23(30-2)24(15-20)31-3)21-12-9-19-8-7-17-5-4-6-18-10-13-22(21)26(19)25(17)18/h4-15H,1-3H3/b28-16+. The highest BCUT2D eigenvalue weighted by Crippen LogP contribution is 2.36. The molecule has 5 aromatic rings. The molecule has 32 heavy (non-hydrogen) atoms. The van der Waals surface area contributed by atoms with E-state index in [4.69, 9.17) is 14.3 Å². The van der Waals surface area contributed by atoms with Crippen molar-refractivity contribution in [3.05, 3.63) is 83.9 Å². The molecule has 0 heterocycles. The number of methoxy groups -OCH3 is 2. The fourth-order valence-corrected chi connectivity index (χ4v) is 4.23. The van der Waals surface area contributed by atoms with Gasteiger partial charge in [0.05, 0.1) is 25.5 Å². The summed E-state index contributed by atoms with van der Waals surface area (Å²) in [6, 6.07) is 23.8. The Morgan fingerprint density at radius 1 is 0.750 bits per heavy atom. The van der Waals surface area contributed by atoms with Crippen LogP contribution in [0.25, 0.3) is 32.3 Å². The van der Waals surface area contributed by atoms with Crippen LogP contribution in [-0.2, 0) is 4.84 Å². The highest BCUT2D eigenvalue weighted by Gasteiger charge is 2.15.